The van der Waals surface area contributed by atoms with E-state index in [-0.39, 0.29) is 16.7 Å². The van der Waals surface area contributed by atoms with Gasteiger partial charge in [0.25, 0.3) is 0 Å². The van der Waals surface area contributed by atoms with E-state index in [1.165, 1.54) is 33.8 Å². The summed E-state index contributed by atoms with van der Waals surface area (Å²) in [6.07, 6.45) is 3.42. The average Bonchev–Trinajstić information content (AvgIpc) is 3.12. The molecule has 0 amide bonds. The van der Waals surface area contributed by atoms with Crippen molar-refractivity contribution in [2.24, 2.45) is 0 Å². The third-order valence-corrected chi connectivity index (χ3v) is 8.85. The van der Waals surface area contributed by atoms with E-state index in [0.29, 0.717) is 0 Å². The van der Waals surface area contributed by atoms with Gasteiger partial charge < -0.3 is 14.5 Å². The summed E-state index contributed by atoms with van der Waals surface area (Å²) in [6, 6.07) is 26.2. The van der Waals surface area contributed by atoms with Gasteiger partial charge in [-0.3, -0.25) is 0 Å². The fraction of sp³-hybridized carbons (Fsp3) is 0.355. The van der Waals surface area contributed by atoms with Gasteiger partial charge in [-0.2, -0.15) is 0 Å². The van der Waals surface area contributed by atoms with Gasteiger partial charge >= 0.3 is 0 Å². The fourth-order valence-corrected chi connectivity index (χ4v) is 6.86. The number of allylic oxidation sites excluding steroid dienone is 2. The van der Waals surface area contributed by atoms with Crippen LogP contribution in [0.2, 0.25) is 0 Å². The Morgan fingerprint density at radius 2 is 1.41 bits per heavy atom. The number of fused-ring (bicyclic) bond motifs is 3. The van der Waals surface area contributed by atoms with Crippen LogP contribution in [0.4, 0.5) is 11.4 Å². The lowest BCUT2D eigenvalue weighted by atomic mass is 9.70. The molecule has 0 saturated carbocycles. The number of para-hydroxylation sites is 3. The molecule has 3 heterocycles. The second-order valence-electron chi connectivity index (χ2n) is 11.2. The van der Waals surface area contributed by atoms with E-state index in [2.05, 4.69) is 130 Å². The second kappa shape index (κ2) is 6.91. The molecule has 0 aliphatic carbocycles. The van der Waals surface area contributed by atoms with Crippen LogP contribution in [0, 0.1) is 0 Å². The summed E-state index contributed by atoms with van der Waals surface area (Å²) < 4.78 is 7.01. The van der Waals surface area contributed by atoms with E-state index in [4.69, 9.17) is 4.74 Å². The third-order valence-electron chi connectivity index (χ3n) is 8.85. The molecule has 0 bridgehead atoms. The molecule has 0 N–H and O–H groups in total. The van der Waals surface area contributed by atoms with Crippen molar-refractivity contribution in [3.8, 4) is 5.75 Å². The molecule has 0 fully saturated rings. The molecule has 1 spiro atoms. The topological polar surface area (TPSA) is 15.7 Å². The van der Waals surface area contributed by atoms with Crippen LogP contribution in [0.25, 0.3) is 0 Å². The average molecular weight is 451 g/mol. The normalized spacial score (nSPS) is 26.9. The molecule has 6 rings (SSSR count). The molecule has 3 aliphatic rings. The highest BCUT2D eigenvalue weighted by Crippen LogP contribution is 2.58. The molecule has 2 unspecified atom stereocenters. The lowest BCUT2D eigenvalue weighted by Gasteiger charge is -2.50. The van der Waals surface area contributed by atoms with Gasteiger partial charge in [-0.15, -0.1) is 0 Å². The van der Waals surface area contributed by atoms with Crippen molar-refractivity contribution >= 4 is 11.4 Å². The molecule has 2 atom stereocenters. The summed E-state index contributed by atoms with van der Waals surface area (Å²) in [6.45, 7) is 9.39. The number of hydrogen-bond acceptors (Lipinski definition) is 3. The van der Waals surface area contributed by atoms with E-state index in [1.807, 2.05) is 0 Å². The summed E-state index contributed by atoms with van der Waals surface area (Å²) in [4.78, 5) is 4.78. The Bertz CT molecular complexity index is 1320. The predicted octanol–water partition coefficient (Wildman–Crippen LogP) is 6.99. The van der Waals surface area contributed by atoms with Gasteiger partial charge in [0.2, 0.25) is 0 Å². The number of anilines is 2. The van der Waals surface area contributed by atoms with E-state index in [1.54, 1.807) is 0 Å². The zero-order chi connectivity index (χ0) is 23.9. The summed E-state index contributed by atoms with van der Waals surface area (Å²) >= 11 is 0. The number of hydrogen-bond donors (Lipinski definition) is 0. The van der Waals surface area contributed by atoms with Crippen molar-refractivity contribution in [1.82, 2.24) is 0 Å². The maximum absolute atomic E-state index is 7.01. The van der Waals surface area contributed by atoms with Crippen LogP contribution in [0.5, 0.6) is 5.75 Å². The minimum atomic E-state index is -0.457. The zero-order valence-corrected chi connectivity index (χ0v) is 21.1. The van der Waals surface area contributed by atoms with Gasteiger partial charge in [0.05, 0.1) is 5.41 Å². The highest BCUT2D eigenvalue weighted by Gasteiger charge is 2.60. The van der Waals surface area contributed by atoms with Gasteiger partial charge in [-0.25, -0.2) is 0 Å². The molecule has 0 aromatic heterocycles. The first-order valence-corrected chi connectivity index (χ1v) is 12.4. The number of benzene rings is 3. The van der Waals surface area contributed by atoms with Crippen molar-refractivity contribution in [1.29, 1.82) is 0 Å². The Hall–Kier alpha value is -3.20. The summed E-state index contributed by atoms with van der Waals surface area (Å²) in [5.41, 5.74) is 7.29. The number of ether oxygens (including phenoxy) is 1. The Labute approximate surface area is 203 Å². The number of likely N-dealkylation sites (N-methyl/N-ethyl adjacent to an activating group) is 2. The highest BCUT2D eigenvalue weighted by atomic mass is 16.5. The second-order valence-corrected chi connectivity index (χ2v) is 11.2. The van der Waals surface area contributed by atoms with Gasteiger partial charge in [-0.05, 0) is 43.2 Å². The number of nitrogens with zero attached hydrogens (tertiary/aromatic N) is 2. The Balaban J connectivity index is 1.51. The van der Waals surface area contributed by atoms with Crippen LogP contribution in [0.1, 0.15) is 56.7 Å². The van der Waals surface area contributed by atoms with Crippen molar-refractivity contribution < 1.29 is 4.74 Å². The van der Waals surface area contributed by atoms with E-state index in [0.717, 1.165) is 12.2 Å². The number of rotatable bonds is 1. The molecule has 3 aromatic rings. The maximum Gasteiger partial charge on any atom is 0.192 e. The SMILES string of the molecule is CN1/C(=C/C2CC3(Oc4ccccc42)N(C)c2ccccc2C3(C)C)C(C)(C)c2ccccc21. The van der Waals surface area contributed by atoms with E-state index >= 15 is 0 Å². The monoisotopic (exact) mass is 450 g/mol. The first-order valence-electron chi connectivity index (χ1n) is 12.4. The fourth-order valence-electron chi connectivity index (χ4n) is 6.86. The summed E-state index contributed by atoms with van der Waals surface area (Å²) in [5.74, 6) is 1.24. The first-order chi connectivity index (χ1) is 16.2. The van der Waals surface area contributed by atoms with E-state index < -0.39 is 5.72 Å². The first kappa shape index (κ1) is 21.3. The van der Waals surface area contributed by atoms with Crippen molar-refractivity contribution in [2.45, 2.75) is 56.6 Å². The standard InChI is InChI=1S/C31H34N2O/c1-29(2)23-14-8-10-16-25(23)32(5)28(29)19-21-20-31(34-27-18-12-7-13-22(21)27)30(3,4)24-15-9-11-17-26(24)33(31)6/h7-19,21H,20H2,1-6H3/b28-19+. The molecule has 3 heteroatoms. The maximum atomic E-state index is 7.01. The van der Waals surface area contributed by atoms with Gasteiger partial charge in [0.1, 0.15) is 5.75 Å². The van der Waals surface area contributed by atoms with Crippen LogP contribution < -0.4 is 14.5 Å². The minimum Gasteiger partial charge on any atom is -0.467 e. The van der Waals surface area contributed by atoms with Gasteiger partial charge in [0.15, 0.2) is 5.72 Å². The van der Waals surface area contributed by atoms with Crippen LogP contribution in [0.3, 0.4) is 0 Å². The Kier molecular flexibility index (Phi) is 4.34. The van der Waals surface area contributed by atoms with E-state index in [9.17, 15) is 0 Å². The molecule has 174 valence electrons. The van der Waals surface area contributed by atoms with Crippen LogP contribution in [-0.2, 0) is 10.8 Å². The predicted molar refractivity (Wildman–Crippen MR) is 141 cm³/mol. The van der Waals surface area contributed by atoms with Gasteiger partial charge in [0, 0.05) is 54.5 Å². The molecule has 0 radical (unpaired) electrons. The minimum absolute atomic E-state index is 0.0498. The Morgan fingerprint density at radius 3 is 2.12 bits per heavy atom. The van der Waals surface area contributed by atoms with Crippen LogP contribution >= 0.6 is 0 Å². The Morgan fingerprint density at radius 1 is 0.794 bits per heavy atom. The largest absolute Gasteiger partial charge is 0.467 e. The molecule has 3 aliphatic heterocycles. The highest BCUT2D eigenvalue weighted by molar-refractivity contribution is 5.71. The third kappa shape index (κ3) is 2.58. The van der Waals surface area contributed by atoms with Crippen molar-refractivity contribution in [3.63, 3.8) is 0 Å². The summed E-state index contributed by atoms with van der Waals surface area (Å²) in [5, 5.41) is 0. The molecule has 3 aromatic carbocycles. The smallest absolute Gasteiger partial charge is 0.192 e. The lowest BCUT2D eigenvalue weighted by Crippen LogP contribution is -2.61. The molecule has 3 nitrogen and oxygen atoms in total. The lowest BCUT2D eigenvalue weighted by molar-refractivity contribution is -0.0105. The molecular weight excluding hydrogens is 416 g/mol. The van der Waals surface area contributed by atoms with Crippen molar-refractivity contribution in [2.75, 3.05) is 23.9 Å². The summed E-state index contributed by atoms with van der Waals surface area (Å²) in [7, 11) is 4.41. The molecule has 0 saturated heterocycles. The molecular formula is C31H34N2O. The van der Waals surface area contributed by atoms with Crippen molar-refractivity contribution in [3.05, 3.63) is 101 Å². The van der Waals surface area contributed by atoms with Crippen LogP contribution in [-0.4, -0.2) is 19.8 Å². The zero-order valence-electron chi connectivity index (χ0n) is 21.1. The van der Waals surface area contributed by atoms with Crippen LogP contribution in [0.15, 0.2) is 84.6 Å². The quantitative estimate of drug-likeness (QED) is 0.397. The van der Waals surface area contributed by atoms with Gasteiger partial charge in [-0.1, -0.05) is 74.5 Å². The molecule has 34 heavy (non-hydrogen) atoms.